The van der Waals surface area contributed by atoms with Crippen molar-refractivity contribution in [1.82, 2.24) is 9.88 Å². The molecule has 2 heterocycles. The van der Waals surface area contributed by atoms with Crippen LogP contribution < -0.4 is 10.6 Å². The van der Waals surface area contributed by atoms with Crippen LogP contribution in [0.3, 0.4) is 0 Å². The predicted molar refractivity (Wildman–Crippen MR) is 120 cm³/mol. The first-order valence-corrected chi connectivity index (χ1v) is 10.5. The first kappa shape index (κ1) is 22.3. The van der Waals surface area contributed by atoms with Crippen LogP contribution in [0.1, 0.15) is 41.8 Å². The molecule has 4 rings (SSSR count). The Kier molecular flexibility index (Phi) is 5.53. The molecule has 2 aliphatic rings. The zero-order valence-corrected chi connectivity index (χ0v) is 18.2. The summed E-state index contributed by atoms with van der Waals surface area (Å²) in [4.78, 5) is 4.41. The van der Waals surface area contributed by atoms with Crippen molar-refractivity contribution in [3.63, 3.8) is 0 Å². The summed E-state index contributed by atoms with van der Waals surface area (Å²) in [6.07, 6.45) is 2.67. The average Bonchev–Trinajstić information content (AvgIpc) is 3.26. The summed E-state index contributed by atoms with van der Waals surface area (Å²) in [5, 5.41) is 5.97. The highest BCUT2D eigenvalue weighted by atomic mass is 19.3. The largest absolute Gasteiger partial charge is 0.355 e. The molecule has 1 fully saturated rings. The van der Waals surface area contributed by atoms with Crippen LogP contribution in [-0.2, 0) is 13.0 Å². The maximum absolute atomic E-state index is 13.6. The lowest BCUT2D eigenvalue weighted by atomic mass is 9.81. The summed E-state index contributed by atoms with van der Waals surface area (Å²) < 4.78 is 55.9. The number of fused-ring (bicyclic) bond motifs is 1. The third-order valence-electron chi connectivity index (χ3n) is 6.27. The zero-order chi connectivity index (χ0) is 23.3. The van der Waals surface area contributed by atoms with Gasteiger partial charge in [-0.3, -0.25) is 10.3 Å². The van der Waals surface area contributed by atoms with E-state index in [1.54, 1.807) is 13.3 Å². The lowest BCUT2D eigenvalue weighted by Crippen LogP contribution is -2.58. The minimum Gasteiger partial charge on any atom is -0.355 e. The molecule has 0 atom stereocenters. The van der Waals surface area contributed by atoms with E-state index < -0.39 is 23.2 Å². The fourth-order valence-electron chi connectivity index (χ4n) is 4.74. The molecule has 32 heavy (non-hydrogen) atoms. The molecule has 1 aliphatic heterocycles. The fourth-order valence-corrected chi connectivity index (χ4v) is 4.74. The fraction of sp³-hybridized carbons (Fsp3) is 0.375. The Morgan fingerprint density at radius 3 is 2.53 bits per heavy atom. The Bertz CT molecular complexity index is 1120. The van der Waals surface area contributed by atoms with E-state index in [0.29, 0.717) is 17.0 Å². The molecule has 0 amide bonds. The number of hydrogen-bond donors (Lipinski definition) is 2. The van der Waals surface area contributed by atoms with Gasteiger partial charge in [-0.05, 0) is 44.5 Å². The predicted octanol–water partition coefficient (Wildman–Crippen LogP) is 5.53. The van der Waals surface area contributed by atoms with Crippen LogP contribution in [0.5, 0.6) is 0 Å². The minimum absolute atomic E-state index is 0.342. The quantitative estimate of drug-likeness (QED) is 0.434. The highest BCUT2D eigenvalue weighted by molar-refractivity contribution is 6.09. The summed E-state index contributed by atoms with van der Waals surface area (Å²) in [6, 6.07) is 3.60. The van der Waals surface area contributed by atoms with Crippen LogP contribution in [0.25, 0.3) is 11.3 Å². The van der Waals surface area contributed by atoms with Crippen molar-refractivity contribution in [2.24, 2.45) is 4.99 Å². The SMILES string of the molecule is C=C(Nc1ccc(F)c(F)c1)c1c(C)c(C(=C)/C=N/C2(NC)CC(F)(F)C2)n2c1CCC2. The molecule has 0 bridgehead atoms. The van der Waals surface area contributed by atoms with Gasteiger partial charge in [0.1, 0.15) is 5.66 Å². The molecule has 1 saturated carbocycles. The van der Waals surface area contributed by atoms with Gasteiger partial charge in [-0.25, -0.2) is 17.6 Å². The van der Waals surface area contributed by atoms with E-state index in [4.69, 9.17) is 0 Å². The number of nitrogens with zero attached hydrogens (tertiary/aromatic N) is 2. The molecule has 1 aliphatic carbocycles. The van der Waals surface area contributed by atoms with Crippen molar-refractivity contribution in [3.8, 4) is 0 Å². The van der Waals surface area contributed by atoms with E-state index >= 15 is 0 Å². The van der Waals surface area contributed by atoms with Gasteiger partial charge in [0.05, 0.1) is 18.5 Å². The first-order chi connectivity index (χ1) is 15.1. The van der Waals surface area contributed by atoms with Gasteiger partial charge in [-0.15, -0.1) is 0 Å². The molecule has 2 N–H and O–H groups in total. The summed E-state index contributed by atoms with van der Waals surface area (Å²) in [6.45, 7) is 11.0. The van der Waals surface area contributed by atoms with Crippen molar-refractivity contribution in [2.45, 2.75) is 50.7 Å². The first-order valence-electron chi connectivity index (χ1n) is 10.5. The molecule has 8 heteroatoms. The standard InChI is InChI=1S/C24H26F4N4/c1-14(11-30-24(29-4)12-23(27,28)13-24)22-15(2)21(20-6-5-9-32(20)22)16(3)31-17-7-8-18(25)19(26)10-17/h7-8,10-11,29,31H,1,3,5-6,9,12-13H2,2,4H3/b30-11+. The van der Waals surface area contributed by atoms with Gasteiger partial charge in [0, 0.05) is 47.0 Å². The Morgan fingerprint density at radius 1 is 1.19 bits per heavy atom. The molecule has 0 radical (unpaired) electrons. The monoisotopic (exact) mass is 446 g/mol. The number of hydrogen-bond acceptors (Lipinski definition) is 3. The number of aliphatic imine (C=N–C) groups is 1. The lowest BCUT2D eigenvalue weighted by molar-refractivity contribution is -0.129. The molecule has 1 aromatic heterocycles. The van der Waals surface area contributed by atoms with E-state index in [0.717, 1.165) is 54.0 Å². The number of rotatable bonds is 7. The molecular formula is C24H26F4N4. The number of alkyl halides is 2. The van der Waals surface area contributed by atoms with Gasteiger partial charge >= 0.3 is 0 Å². The third-order valence-corrected chi connectivity index (χ3v) is 6.27. The maximum atomic E-state index is 13.6. The van der Waals surface area contributed by atoms with Crippen molar-refractivity contribution in [2.75, 3.05) is 12.4 Å². The van der Waals surface area contributed by atoms with Crippen molar-refractivity contribution in [1.29, 1.82) is 0 Å². The molecule has 0 saturated heterocycles. The number of benzene rings is 1. The van der Waals surface area contributed by atoms with Gasteiger partial charge < -0.3 is 9.88 Å². The van der Waals surface area contributed by atoms with E-state index in [1.807, 2.05) is 6.92 Å². The van der Waals surface area contributed by atoms with Crippen LogP contribution in [0.15, 0.2) is 36.3 Å². The second kappa shape index (κ2) is 7.92. The topological polar surface area (TPSA) is 41.4 Å². The molecule has 1 aromatic carbocycles. The summed E-state index contributed by atoms with van der Waals surface area (Å²) in [7, 11) is 1.63. The van der Waals surface area contributed by atoms with Crippen LogP contribution in [0.4, 0.5) is 23.2 Å². The van der Waals surface area contributed by atoms with Gasteiger partial charge in [0.25, 0.3) is 5.92 Å². The molecule has 4 nitrogen and oxygen atoms in total. The van der Waals surface area contributed by atoms with E-state index in [9.17, 15) is 17.6 Å². The normalized spacial score (nSPS) is 18.4. The molecule has 0 unspecified atom stereocenters. The second-order valence-electron chi connectivity index (χ2n) is 8.56. The molecule has 0 spiro atoms. The van der Waals surface area contributed by atoms with Crippen molar-refractivity contribution in [3.05, 3.63) is 65.5 Å². The lowest BCUT2D eigenvalue weighted by Gasteiger charge is -2.44. The Balaban J connectivity index is 1.62. The van der Waals surface area contributed by atoms with Crippen molar-refractivity contribution >= 4 is 23.2 Å². The van der Waals surface area contributed by atoms with Crippen LogP contribution in [0, 0.1) is 18.6 Å². The Labute approximate surface area is 184 Å². The number of nitrogens with one attached hydrogen (secondary N) is 2. The van der Waals surface area contributed by atoms with E-state index in [-0.39, 0.29) is 12.8 Å². The summed E-state index contributed by atoms with van der Waals surface area (Å²) in [5.41, 5.74) is 4.40. The molecule has 2 aromatic rings. The van der Waals surface area contributed by atoms with Crippen LogP contribution in [-0.4, -0.2) is 29.4 Å². The minimum atomic E-state index is -2.70. The zero-order valence-electron chi connectivity index (χ0n) is 18.2. The van der Waals surface area contributed by atoms with Crippen LogP contribution >= 0.6 is 0 Å². The highest BCUT2D eigenvalue weighted by Crippen LogP contribution is 2.46. The molecule has 170 valence electrons. The van der Waals surface area contributed by atoms with Gasteiger partial charge in [-0.2, -0.15) is 0 Å². The van der Waals surface area contributed by atoms with Gasteiger partial charge in [0.2, 0.25) is 0 Å². The second-order valence-corrected chi connectivity index (χ2v) is 8.56. The Morgan fingerprint density at radius 2 is 1.91 bits per heavy atom. The maximum Gasteiger partial charge on any atom is 0.255 e. The van der Waals surface area contributed by atoms with Crippen molar-refractivity contribution < 1.29 is 17.6 Å². The van der Waals surface area contributed by atoms with Crippen LogP contribution in [0.2, 0.25) is 0 Å². The third kappa shape index (κ3) is 3.88. The van der Waals surface area contributed by atoms with Gasteiger partial charge in [-0.1, -0.05) is 13.2 Å². The number of anilines is 1. The number of allylic oxidation sites excluding steroid dienone is 1. The summed E-state index contributed by atoms with van der Waals surface area (Å²) >= 11 is 0. The summed E-state index contributed by atoms with van der Waals surface area (Å²) in [5.74, 6) is -4.56. The smallest absolute Gasteiger partial charge is 0.255 e. The van der Waals surface area contributed by atoms with E-state index in [1.165, 1.54) is 6.07 Å². The number of aromatic nitrogens is 1. The van der Waals surface area contributed by atoms with Gasteiger partial charge in [0.15, 0.2) is 11.6 Å². The highest BCUT2D eigenvalue weighted by Gasteiger charge is 2.56. The number of halogens is 4. The van der Waals surface area contributed by atoms with E-state index in [2.05, 4.69) is 33.4 Å². The molecular weight excluding hydrogens is 420 g/mol. The Hall–Kier alpha value is -2.87. The average molecular weight is 446 g/mol.